The summed E-state index contributed by atoms with van der Waals surface area (Å²) in [6.07, 6.45) is 2.09. The number of rotatable bonds is 7. The Hall–Kier alpha value is -2.97. The van der Waals surface area contributed by atoms with Gasteiger partial charge < -0.3 is 4.74 Å². The van der Waals surface area contributed by atoms with Gasteiger partial charge in [-0.1, -0.05) is 48.5 Å². The predicted octanol–water partition coefficient (Wildman–Crippen LogP) is 7.15. The Kier molecular flexibility index (Phi) is 6.25. The fourth-order valence-electron chi connectivity index (χ4n) is 4.12. The van der Waals surface area contributed by atoms with Gasteiger partial charge in [-0.2, -0.15) is 0 Å². The molecule has 0 aliphatic carbocycles. The molecular weight excluding hydrogens is 366 g/mol. The molecule has 0 N–H and O–H groups in total. The maximum atomic E-state index is 5.45. The second-order valence-corrected chi connectivity index (χ2v) is 7.87. The number of aryl methyl sites for hydroxylation is 3. The molecule has 3 aromatic carbocycles. The van der Waals surface area contributed by atoms with Gasteiger partial charge in [0, 0.05) is 24.2 Å². The van der Waals surface area contributed by atoms with E-state index in [2.05, 4.69) is 86.6 Å². The van der Waals surface area contributed by atoms with Crippen LogP contribution in [-0.4, -0.2) is 18.2 Å². The Balaban J connectivity index is 1.62. The van der Waals surface area contributed by atoms with Crippen LogP contribution in [0.15, 0.2) is 72.8 Å². The summed E-state index contributed by atoms with van der Waals surface area (Å²) in [7, 11) is 0. The molecule has 0 aliphatic heterocycles. The lowest BCUT2D eigenvalue weighted by atomic mass is 9.94. The predicted molar refractivity (Wildman–Crippen MR) is 127 cm³/mol. The summed E-state index contributed by atoms with van der Waals surface area (Å²) < 4.78 is 5.45. The minimum absolute atomic E-state index is 0.787. The molecule has 0 fully saturated rings. The molecule has 1 heterocycles. The fraction of sp³-hybridized carbons (Fsp3) is 0.250. The highest BCUT2D eigenvalue weighted by Crippen LogP contribution is 2.31. The first-order chi connectivity index (χ1) is 14.7. The molecule has 0 spiro atoms. The zero-order chi connectivity index (χ0) is 20.9. The number of hydrogen-bond donors (Lipinski definition) is 0. The second-order valence-electron chi connectivity index (χ2n) is 7.87. The lowest BCUT2D eigenvalue weighted by Gasteiger charge is -2.12. The summed E-state index contributed by atoms with van der Waals surface area (Å²) in [6.45, 7) is 8.00. The minimum Gasteiger partial charge on any atom is -0.382 e. The highest BCUT2D eigenvalue weighted by atomic mass is 16.5. The van der Waals surface area contributed by atoms with Gasteiger partial charge in [-0.15, -0.1) is 0 Å². The molecule has 0 saturated carbocycles. The van der Waals surface area contributed by atoms with E-state index in [0.29, 0.717) is 0 Å². The van der Waals surface area contributed by atoms with Crippen LogP contribution in [0.25, 0.3) is 33.3 Å². The van der Waals surface area contributed by atoms with Crippen molar-refractivity contribution in [2.24, 2.45) is 0 Å². The van der Waals surface area contributed by atoms with Crippen LogP contribution in [-0.2, 0) is 11.2 Å². The third kappa shape index (κ3) is 4.44. The van der Waals surface area contributed by atoms with Crippen molar-refractivity contribution in [2.45, 2.75) is 33.6 Å². The van der Waals surface area contributed by atoms with Crippen molar-refractivity contribution in [3.63, 3.8) is 0 Å². The smallest absolute Gasteiger partial charge is 0.0709 e. The Labute approximate surface area is 179 Å². The van der Waals surface area contributed by atoms with Gasteiger partial charge in [0.1, 0.15) is 0 Å². The SMILES string of the molecule is CCOCCCc1ccc2nc(-c3cccc(-c4c(C)cccc4C)c3)ccc2c1. The summed E-state index contributed by atoms with van der Waals surface area (Å²) in [5.74, 6) is 0. The molecule has 4 rings (SSSR count). The number of fused-ring (bicyclic) bond motifs is 1. The molecule has 0 saturated heterocycles. The van der Waals surface area contributed by atoms with Gasteiger partial charge in [0.05, 0.1) is 11.2 Å². The third-order valence-electron chi connectivity index (χ3n) is 5.64. The number of pyridine rings is 1. The zero-order valence-corrected chi connectivity index (χ0v) is 18.1. The van der Waals surface area contributed by atoms with Crippen molar-refractivity contribution in [3.05, 3.63) is 89.5 Å². The molecule has 0 radical (unpaired) electrons. The normalized spacial score (nSPS) is 11.2. The zero-order valence-electron chi connectivity index (χ0n) is 18.1. The number of aromatic nitrogens is 1. The van der Waals surface area contributed by atoms with Gasteiger partial charge in [0.25, 0.3) is 0 Å². The summed E-state index contributed by atoms with van der Waals surface area (Å²) in [5.41, 5.74) is 9.71. The van der Waals surface area contributed by atoms with Crippen LogP contribution in [0.3, 0.4) is 0 Å². The van der Waals surface area contributed by atoms with Crippen LogP contribution < -0.4 is 0 Å². The quantitative estimate of drug-likeness (QED) is 0.310. The van der Waals surface area contributed by atoms with Gasteiger partial charge in [0.15, 0.2) is 0 Å². The first-order valence-electron chi connectivity index (χ1n) is 10.8. The van der Waals surface area contributed by atoms with Crippen molar-refractivity contribution in [1.82, 2.24) is 4.98 Å². The topological polar surface area (TPSA) is 22.1 Å². The summed E-state index contributed by atoms with van der Waals surface area (Å²) >= 11 is 0. The fourth-order valence-corrected chi connectivity index (χ4v) is 4.12. The molecule has 0 aliphatic rings. The van der Waals surface area contributed by atoms with Crippen LogP contribution in [0.5, 0.6) is 0 Å². The summed E-state index contributed by atoms with van der Waals surface area (Å²) in [4.78, 5) is 4.95. The van der Waals surface area contributed by atoms with Crippen LogP contribution in [0.1, 0.15) is 30.0 Å². The Morgan fingerprint density at radius 1 is 0.800 bits per heavy atom. The van der Waals surface area contributed by atoms with Crippen LogP contribution in [0.4, 0.5) is 0 Å². The number of benzene rings is 3. The van der Waals surface area contributed by atoms with E-state index in [1.54, 1.807) is 0 Å². The van der Waals surface area contributed by atoms with Gasteiger partial charge in [-0.05, 0) is 85.7 Å². The molecule has 1 aromatic heterocycles. The van der Waals surface area contributed by atoms with E-state index in [1.165, 1.54) is 33.2 Å². The number of hydrogen-bond acceptors (Lipinski definition) is 2. The minimum atomic E-state index is 0.787. The highest BCUT2D eigenvalue weighted by Gasteiger charge is 2.08. The molecule has 0 unspecified atom stereocenters. The summed E-state index contributed by atoms with van der Waals surface area (Å²) in [6, 6.07) is 26.1. The maximum Gasteiger partial charge on any atom is 0.0709 e. The first-order valence-corrected chi connectivity index (χ1v) is 10.8. The van der Waals surface area contributed by atoms with E-state index in [-0.39, 0.29) is 0 Å². The standard InChI is InChI=1S/C28H29NO/c1-4-30-17-7-10-22-13-15-26-24(18-22)14-16-27(29-26)23-11-6-12-25(19-23)28-20(2)8-5-9-21(28)3/h5-6,8-9,11-16,18-19H,4,7,10,17H2,1-3H3. The largest absolute Gasteiger partial charge is 0.382 e. The number of nitrogens with zero attached hydrogens (tertiary/aromatic N) is 1. The molecule has 0 amide bonds. The highest BCUT2D eigenvalue weighted by molar-refractivity contribution is 5.83. The van der Waals surface area contributed by atoms with Gasteiger partial charge >= 0.3 is 0 Å². The monoisotopic (exact) mass is 395 g/mol. The van der Waals surface area contributed by atoms with Crippen molar-refractivity contribution in [1.29, 1.82) is 0 Å². The molecule has 2 nitrogen and oxygen atoms in total. The van der Waals surface area contributed by atoms with Gasteiger partial charge in [-0.25, -0.2) is 4.98 Å². The van der Waals surface area contributed by atoms with Crippen molar-refractivity contribution < 1.29 is 4.74 Å². The molecule has 0 atom stereocenters. The molecule has 152 valence electrons. The van der Waals surface area contributed by atoms with E-state index >= 15 is 0 Å². The van der Waals surface area contributed by atoms with E-state index < -0.39 is 0 Å². The molecule has 30 heavy (non-hydrogen) atoms. The third-order valence-corrected chi connectivity index (χ3v) is 5.64. The van der Waals surface area contributed by atoms with Crippen LogP contribution in [0.2, 0.25) is 0 Å². The maximum absolute atomic E-state index is 5.45. The summed E-state index contributed by atoms with van der Waals surface area (Å²) in [5, 5.41) is 1.19. The van der Waals surface area contributed by atoms with Gasteiger partial charge in [0.2, 0.25) is 0 Å². The van der Waals surface area contributed by atoms with E-state index in [1.807, 2.05) is 6.92 Å². The lowest BCUT2D eigenvalue weighted by Crippen LogP contribution is -1.96. The number of ether oxygens (including phenoxy) is 1. The molecular formula is C28H29NO. The van der Waals surface area contributed by atoms with E-state index in [0.717, 1.165) is 42.8 Å². The van der Waals surface area contributed by atoms with Crippen molar-refractivity contribution in [2.75, 3.05) is 13.2 Å². The Morgan fingerprint density at radius 2 is 1.57 bits per heavy atom. The Bertz CT molecular complexity index is 1140. The lowest BCUT2D eigenvalue weighted by molar-refractivity contribution is 0.145. The van der Waals surface area contributed by atoms with E-state index in [9.17, 15) is 0 Å². The van der Waals surface area contributed by atoms with Crippen LogP contribution in [0, 0.1) is 13.8 Å². The van der Waals surface area contributed by atoms with Crippen molar-refractivity contribution >= 4 is 10.9 Å². The first kappa shape index (κ1) is 20.3. The average Bonchev–Trinajstić information content (AvgIpc) is 2.76. The van der Waals surface area contributed by atoms with Crippen LogP contribution >= 0.6 is 0 Å². The second kappa shape index (κ2) is 9.23. The molecule has 2 heteroatoms. The van der Waals surface area contributed by atoms with E-state index in [4.69, 9.17) is 9.72 Å². The van der Waals surface area contributed by atoms with Gasteiger partial charge in [-0.3, -0.25) is 0 Å². The average molecular weight is 396 g/mol. The Morgan fingerprint density at radius 3 is 2.37 bits per heavy atom. The molecule has 0 bridgehead atoms. The molecule has 4 aromatic rings. The van der Waals surface area contributed by atoms with Crippen molar-refractivity contribution in [3.8, 4) is 22.4 Å².